The minimum atomic E-state index is -3.88. The number of fused-ring (bicyclic) bond motifs is 2. The van der Waals surface area contributed by atoms with Crippen LogP contribution >= 0.6 is 15.9 Å². The summed E-state index contributed by atoms with van der Waals surface area (Å²) in [7, 11) is -3.88. The molecule has 2 saturated carbocycles. The Morgan fingerprint density at radius 2 is 2.05 bits per heavy atom. The van der Waals surface area contributed by atoms with Crippen molar-refractivity contribution >= 4 is 31.6 Å². The molecular formula is C13H16BrFN2O2S. The zero-order chi connectivity index (χ0) is 14.5. The minimum absolute atomic E-state index is 0.0609. The Morgan fingerprint density at radius 3 is 2.65 bits per heavy atom. The van der Waals surface area contributed by atoms with Gasteiger partial charge < -0.3 is 5.73 Å². The van der Waals surface area contributed by atoms with E-state index < -0.39 is 15.8 Å². The van der Waals surface area contributed by atoms with Gasteiger partial charge >= 0.3 is 0 Å². The number of nitrogens with one attached hydrogen (secondary N) is 1. The molecule has 3 atom stereocenters. The number of sulfonamides is 1. The van der Waals surface area contributed by atoms with Crippen molar-refractivity contribution in [1.82, 2.24) is 4.72 Å². The fourth-order valence-corrected chi connectivity index (χ4v) is 5.49. The van der Waals surface area contributed by atoms with Crippen molar-refractivity contribution in [1.29, 1.82) is 0 Å². The van der Waals surface area contributed by atoms with Crippen LogP contribution in [0.2, 0.25) is 0 Å². The topological polar surface area (TPSA) is 72.2 Å². The molecule has 0 heterocycles. The molecule has 3 unspecified atom stereocenters. The number of rotatable bonds is 3. The Morgan fingerprint density at radius 1 is 1.30 bits per heavy atom. The second-order valence-electron chi connectivity index (χ2n) is 5.72. The van der Waals surface area contributed by atoms with Crippen LogP contribution in [0.3, 0.4) is 0 Å². The van der Waals surface area contributed by atoms with Crippen molar-refractivity contribution in [3.63, 3.8) is 0 Å². The van der Waals surface area contributed by atoms with Gasteiger partial charge in [-0.15, -0.1) is 0 Å². The summed E-state index contributed by atoms with van der Waals surface area (Å²) in [6.45, 7) is 0. The highest BCUT2D eigenvalue weighted by Crippen LogP contribution is 2.45. The highest BCUT2D eigenvalue weighted by Gasteiger charge is 2.41. The van der Waals surface area contributed by atoms with Crippen LogP contribution < -0.4 is 10.5 Å². The van der Waals surface area contributed by atoms with Gasteiger partial charge in [-0.25, -0.2) is 17.5 Å². The Balaban J connectivity index is 1.89. The van der Waals surface area contributed by atoms with E-state index >= 15 is 0 Å². The van der Waals surface area contributed by atoms with E-state index in [2.05, 4.69) is 20.7 Å². The summed E-state index contributed by atoms with van der Waals surface area (Å²) >= 11 is 2.99. The number of hydrogen-bond acceptors (Lipinski definition) is 3. The molecule has 0 spiro atoms. The van der Waals surface area contributed by atoms with Gasteiger partial charge in [-0.1, -0.05) is 6.42 Å². The molecule has 2 fully saturated rings. The molecule has 3 N–H and O–H groups in total. The largest absolute Gasteiger partial charge is 0.399 e. The molecule has 3 rings (SSSR count). The molecule has 110 valence electrons. The van der Waals surface area contributed by atoms with Gasteiger partial charge in [0.05, 0.1) is 4.47 Å². The van der Waals surface area contributed by atoms with E-state index in [0.717, 1.165) is 25.3 Å². The summed E-state index contributed by atoms with van der Waals surface area (Å²) in [4.78, 5) is -0.382. The summed E-state index contributed by atoms with van der Waals surface area (Å²) in [5.41, 5.74) is 5.82. The second-order valence-corrected chi connectivity index (χ2v) is 8.25. The molecule has 1 aromatic rings. The third kappa shape index (κ3) is 2.46. The van der Waals surface area contributed by atoms with E-state index in [-0.39, 0.29) is 21.1 Å². The van der Waals surface area contributed by atoms with Crippen molar-refractivity contribution in [3.05, 3.63) is 22.4 Å². The lowest BCUT2D eigenvalue weighted by Gasteiger charge is -2.23. The maximum atomic E-state index is 14.0. The molecule has 0 amide bonds. The normalized spacial score (nSPS) is 29.0. The Labute approximate surface area is 126 Å². The van der Waals surface area contributed by atoms with Crippen molar-refractivity contribution in [2.24, 2.45) is 11.8 Å². The first-order valence-corrected chi connectivity index (χ1v) is 8.91. The van der Waals surface area contributed by atoms with Gasteiger partial charge in [0.15, 0.2) is 5.82 Å². The van der Waals surface area contributed by atoms with Gasteiger partial charge in [-0.05, 0) is 59.2 Å². The van der Waals surface area contributed by atoms with Crippen LogP contribution in [0.25, 0.3) is 0 Å². The average Bonchev–Trinajstić information content (AvgIpc) is 2.95. The number of nitrogens with two attached hydrogens (primary N) is 1. The SMILES string of the molecule is Nc1cc(Br)c(F)c(S(=O)(=O)NC2CC3CCC2C3)c1. The highest BCUT2D eigenvalue weighted by molar-refractivity contribution is 9.10. The molecule has 0 saturated heterocycles. The molecule has 20 heavy (non-hydrogen) atoms. The van der Waals surface area contributed by atoms with E-state index in [0.29, 0.717) is 11.8 Å². The van der Waals surface area contributed by atoms with Crippen molar-refractivity contribution in [3.8, 4) is 0 Å². The lowest BCUT2D eigenvalue weighted by atomic mass is 9.96. The fraction of sp³-hybridized carbons (Fsp3) is 0.538. The van der Waals surface area contributed by atoms with Gasteiger partial charge in [0.1, 0.15) is 4.90 Å². The Hall–Kier alpha value is -0.660. The third-order valence-corrected chi connectivity index (χ3v) is 6.42. The minimum Gasteiger partial charge on any atom is -0.399 e. The number of hydrogen-bond donors (Lipinski definition) is 2. The standard InChI is InChI=1S/C13H16BrFN2O2S/c14-10-5-9(16)6-12(13(10)15)20(18,19)17-11-4-7-1-2-8(11)3-7/h5-8,11,17H,1-4,16H2. The maximum Gasteiger partial charge on any atom is 0.243 e. The molecule has 4 nitrogen and oxygen atoms in total. The van der Waals surface area contributed by atoms with Crippen molar-refractivity contribution in [2.45, 2.75) is 36.6 Å². The lowest BCUT2D eigenvalue weighted by Crippen LogP contribution is -2.38. The predicted molar refractivity (Wildman–Crippen MR) is 78.1 cm³/mol. The quantitative estimate of drug-likeness (QED) is 0.811. The summed E-state index contributed by atoms with van der Waals surface area (Å²) in [6.07, 6.45) is 4.17. The Kier molecular flexibility index (Phi) is 3.54. The summed E-state index contributed by atoms with van der Waals surface area (Å²) in [5, 5.41) is 0. The van der Waals surface area contributed by atoms with E-state index in [1.165, 1.54) is 12.5 Å². The van der Waals surface area contributed by atoms with Gasteiger partial charge in [-0.2, -0.15) is 0 Å². The number of benzene rings is 1. The first-order chi connectivity index (χ1) is 9.37. The monoisotopic (exact) mass is 362 g/mol. The molecule has 2 aliphatic rings. The lowest BCUT2D eigenvalue weighted by molar-refractivity contribution is 0.389. The first kappa shape index (κ1) is 14.3. The summed E-state index contributed by atoms with van der Waals surface area (Å²) < 4.78 is 41.5. The zero-order valence-electron chi connectivity index (χ0n) is 10.8. The maximum absolute atomic E-state index is 14.0. The molecule has 2 bridgehead atoms. The van der Waals surface area contributed by atoms with Crippen molar-refractivity contribution in [2.75, 3.05) is 5.73 Å². The van der Waals surface area contributed by atoms with Gasteiger partial charge in [0, 0.05) is 11.7 Å². The molecule has 7 heteroatoms. The van der Waals surface area contributed by atoms with Crippen LogP contribution in [-0.4, -0.2) is 14.5 Å². The van der Waals surface area contributed by atoms with Crippen LogP contribution in [0, 0.1) is 17.7 Å². The smallest absolute Gasteiger partial charge is 0.243 e. The second kappa shape index (κ2) is 4.96. The molecule has 0 radical (unpaired) electrons. The van der Waals surface area contributed by atoms with E-state index in [4.69, 9.17) is 5.73 Å². The predicted octanol–water partition coefficient (Wildman–Crippen LogP) is 2.64. The van der Waals surface area contributed by atoms with E-state index in [1.807, 2.05) is 0 Å². The summed E-state index contributed by atoms with van der Waals surface area (Å²) in [6, 6.07) is 2.44. The molecule has 0 aliphatic heterocycles. The van der Waals surface area contributed by atoms with E-state index in [9.17, 15) is 12.8 Å². The van der Waals surface area contributed by atoms with Crippen LogP contribution in [0.15, 0.2) is 21.5 Å². The Bertz CT molecular complexity index is 650. The van der Waals surface area contributed by atoms with Crippen LogP contribution in [-0.2, 0) is 10.0 Å². The first-order valence-electron chi connectivity index (χ1n) is 6.63. The van der Waals surface area contributed by atoms with Gasteiger partial charge in [-0.3, -0.25) is 0 Å². The van der Waals surface area contributed by atoms with E-state index in [1.54, 1.807) is 0 Å². The number of nitrogen functional groups attached to an aromatic ring is 1. The fourth-order valence-electron chi connectivity index (χ4n) is 3.43. The van der Waals surface area contributed by atoms with Gasteiger partial charge in [0.2, 0.25) is 10.0 Å². The van der Waals surface area contributed by atoms with Crippen LogP contribution in [0.1, 0.15) is 25.7 Å². The molecule has 1 aromatic carbocycles. The van der Waals surface area contributed by atoms with Crippen LogP contribution in [0.4, 0.5) is 10.1 Å². The molecular weight excluding hydrogens is 347 g/mol. The van der Waals surface area contributed by atoms with Crippen molar-refractivity contribution < 1.29 is 12.8 Å². The average molecular weight is 363 g/mol. The van der Waals surface area contributed by atoms with Crippen LogP contribution in [0.5, 0.6) is 0 Å². The summed E-state index contributed by atoms with van der Waals surface area (Å²) in [5.74, 6) is 0.210. The third-order valence-electron chi connectivity index (χ3n) is 4.35. The number of halogens is 2. The molecule has 2 aliphatic carbocycles. The zero-order valence-corrected chi connectivity index (χ0v) is 13.2. The van der Waals surface area contributed by atoms with Gasteiger partial charge in [0.25, 0.3) is 0 Å². The molecule has 0 aromatic heterocycles. The number of anilines is 1. The highest BCUT2D eigenvalue weighted by atomic mass is 79.9.